The third kappa shape index (κ3) is 5.27. The molecule has 0 atom stereocenters. The summed E-state index contributed by atoms with van der Waals surface area (Å²) < 4.78 is 53.7. The summed E-state index contributed by atoms with van der Waals surface area (Å²) in [5.41, 5.74) is 18.4. The third-order valence-corrected chi connectivity index (χ3v) is 7.05. The van der Waals surface area contributed by atoms with Crippen LogP contribution in [0.5, 0.6) is 0 Å². The first kappa shape index (κ1) is 24.4. The van der Waals surface area contributed by atoms with Crippen LogP contribution in [0.4, 0.5) is 5.82 Å². The number of hydrazine groups is 1. The van der Waals surface area contributed by atoms with Gasteiger partial charge in [0.25, 0.3) is 0 Å². The van der Waals surface area contributed by atoms with Crippen LogP contribution in [0, 0.1) is 0 Å². The van der Waals surface area contributed by atoms with Crippen molar-refractivity contribution in [2.45, 2.75) is 29.2 Å². The van der Waals surface area contributed by atoms with Crippen LogP contribution in [0.15, 0.2) is 45.4 Å². The van der Waals surface area contributed by atoms with Gasteiger partial charge >= 0.3 is 0 Å². The van der Waals surface area contributed by atoms with Gasteiger partial charge in [-0.3, -0.25) is 0 Å². The van der Waals surface area contributed by atoms with E-state index >= 15 is 0 Å². The molecule has 0 amide bonds. The van der Waals surface area contributed by atoms with E-state index in [1.807, 2.05) is 5.53 Å². The number of pyridine rings is 1. The van der Waals surface area contributed by atoms with Gasteiger partial charge in [0.2, 0.25) is 20.0 Å². The zero-order chi connectivity index (χ0) is 23.6. The monoisotopic (exact) mass is 471 g/mol. The Hall–Kier alpha value is -2.82. The van der Waals surface area contributed by atoms with Crippen LogP contribution in [-0.4, -0.2) is 39.7 Å². The van der Waals surface area contributed by atoms with Gasteiger partial charge in [0.1, 0.15) is 15.6 Å². The van der Waals surface area contributed by atoms with E-state index in [4.69, 9.17) is 28.2 Å². The number of benzene rings is 1. The lowest BCUT2D eigenvalue weighted by atomic mass is 9.99. The molecule has 0 aliphatic heterocycles. The van der Waals surface area contributed by atoms with Crippen molar-refractivity contribution >= 4 is 31.7 Å². The summed E-state index contributed by atoms with van der Waals surface area (Å²) in [4.78, 5) is 2.52. The molecule has 31 heavy (non-hydrogen) atoms. The lowest BCUT2D eigenvalue weighted by molar-refractivity contribution is 0.461. The van der Waals surface area contributed by atoms with Gasteiger partial charge in [-0.25, -0.2) is 43.1 Å². The van der Waals surface area contributed by atoms with E-state index in [1.165, 1.54) is 26.1 Å². The number of nitrogens with zero attached hydrogens (tertiary/aromatic N) is 2. The van der Waals surface area contributed by atoms with Crippen molar-refractivity contribution in [3.63, 3.8) is 0 Å². The SMILES string of the molecule is CC(C)(CN)NS(=O)(=O)c1ccc(-c2cccnc2N)c(/C(N)=N/NN)c1S(N)(=O)=O. The average molecular weight is 472 g/mol. The first-order valence-electron chi connectivity index (χ1n) is 8.69. The van der Waals surface area contributed by atoms with Gasteiger partial charge in [0, 0.05) is 29.4 Å². The molecule has 1 heterocycles. The second kappa shape index (κ2) is 8.74. The Morgan fingerprint density at radius 1 is 1.16 bits per heavy atom. The highest BCUT2D eigenvalue weighted by molar-refractivity contribution is 7.92. The van der Waals surface area contributed by atoms with Crippen LogP contribution in [-0.2, 0) is 20.0 Å². The number of amidine groups is 1. The highest BCUT2D eigenvalue weighted by Crippen LogP contribution is 2.35. The van der Waals surface area contributed by atoms with E-state index in [1.54, 1.807) is 12.1 Å². The number of anilines is 1. The fourth-order valence-electron chi connectivity index (χ4n) is 2.77. The number of aromatic nitrogens is 1. The fraction of sp³-hybridized carbons (Fsp3) is 0.250. The molecule has 0 aliphatic carbocycles. The van der Waals surface area contributed by atoms with Gasteiger partial charge in [0.15, 0.2) is 5.84 Å². The van der Waals surface area contributed by atoms with E-state index in [9.17, 15) is 16.8 Å². The van der Waals surface area contributed by atoms with Gasteiger partial charge in [-0.05, 0) is 37.6 Å². The Morgan fingerprint density at radius 3 is 2.32 bits per heavy atom. The first-order valence-corrected chi connectivity index (χ1v) is 11.7. The molecule has 0 radical (unpaired) electrons. The van der Waals surface area contributed by atoms with E-state index in [-0.39, 0.29) is 29.1 Å². The van der Waals surface area contributed by atoms with E-state index < -0.39 is 41.2 Å². The number of hydrazone groups is 1. The summed E-state index contributed by atoms with van der Waals surface area (Å²) in [6.07, 6.45) is 1.43. The smallest absolute Gasteiger partial charge is 0.242 e. The van der Waals surface area contributed by atoms with Crippen molar-refractivity contribution in [2.75, 3.05) is 12.3 Å². The third-order valence-electron chi connectivity index (χ3n) is 4.19. The molecule has 170 valence electrons. The van der Waals surface area contributed by atoms with Crippen LogP contribution < -0.4 is 38.4 Å². The molecule has 12 N–H and O–H groups in total. The van der Waals surface area contributed by atoms with E-state index in [0.29, 0.717) is 0 Å². The number of nitrogen functional groups attached to an aromatic ring is 1. The molecular formula is C16H25N9O4S2. The van der Waals surface area contributed by atoms with Crippen LogP contribution in [0.2, 0.25) is 0 Å². The summed E-state index contributed by atoms with van der Waals surface area (Å²) in [6.45, 7) is 3.00. The lowest BCUT2D eigenvalue weighted by Crippen LogP contribution is -2.49. The molecule has 2 aromatic rings. The summed E-state index contributed by atoms with van der Waals surface area (Å²) in [5, 5.41) is 9.02. The van der Waals surface area contributed by atoms with Crippen LogP contribution >= 0.6 is 0 Å². The van der Waals surface area contributed by atoms with Gasteiger partial charge in [-0.15, -0.1) is 5.10 Å². The average Bonchev–Trinajstić information content (AvgIpc) is 2.66. The normalized spacial score (nSPS) is 13.3. The Balaban J connectivity index is 3.02. The maximum atomic E-state index is 13.1. The number of nitrogens with one attached hydrogen (secondary N) is 2. The number of primary sulfonamides is 1. The molecule has 0 bridgehead atoms. The zero-order valence-electron chi connectivity index (χ0n) is 16.8. The molecule has 1 aromatic heterocycles. The largest absolute Gasteiger partial charge is 0.383 e. The maximum absolute atomic E-state index is 13.1. The minimum Gasteiger partial charge on any atom is -0.383 e. The summed E-state index contributed by atoms with van der Waals surface area (Å²) in [5.74, 6) is 4.78. The number of sulfonamides is 2. The summed E-state index contributed by atoms with van der Waals surface area (Å²) in [7, 11) is -9.08. The molecule has 0 saturated heterocycles. The highest BCUT2D eigenvalue weighted by atomic mass is 32.2. The van der Waals surface area contributed by atoms with Gasteiger partial charge in [-0.2, -0.15) is 0 Å². The Labute approximate surface area is 180 Å². The molecular weight excluding hydrogens is 446 g/mol. The zero-order valence-corrected chi connectivity index (χ0v) is 18.5. The number of hydrogen-bond acceptors (Lipinski definition) is 10. The lowest BCUT2D eigenvalue weighted by Gasteiger charge is -2.25. The summed E-state index contributed by atoms with van der Waals surface area (Å²) in [6, 6.07) is 5.49. The first-order chi connectivity index (χ1) is 14.2. The predicted octanol–water partition coefficient (Wildman–Crippen LogP) is -1.92. The Morgan fingerprint density at radius 2 is 1.81 bits per heavy atom. The fourth-order valence-corrected chi connectivity index (χ4v) is 5.81. The number of rotatable bonds is 8. The van der Waals surface area contributed by atoms with Crippen molar-refractivity contribution in [3.8, 4) is 11.1 Å². The molecule has 0 spiro atoms. The molecule has 0 saturated carbocycles. The number of nitrogens with two attached hydrogens (primary N) is 5. The highest BCUT2D eigenvalue weighted by Gasteiger charge is 2.34. The van der Waals surface area contributed by atoms with Crippen LogP contribution in [0.3, 0.4) is 0 Å². The van der Waals surface area contributed by atoms with Crippen molar-refractivity contribution in [2.24, 2.45) is 27.6 Å². The molecule has 1 aromatic carbocycles. The maximum Gasteiger partial charge on any atom is 0.242 e. The molecule has 2 rings (SSSR count). The molecule has 13 nitrogen and oxygen atoms in total. The van der Waals surface area contributed by atoms with E-state index in [0.717, 1.165) is 6.07 Å². The van der Waals surface area contributed by atoms with Crippen molar-refractivity contribution in [3.05, 3.63) is 36.0 Å². The Kier molecular flexibility index (Phi) is 6.89. The minimum atomic E-state index is -4.66. The minimum absolute atomic E-state index is 0.0376. The van der Waals surface area contributed by atoms with Crippen LogP contribution in [0.1, 0.15) is 19.4 Å². The quantitative estimate of drug-likeness (QED) is 0.0972. The summed E-state index contributed by atoms with van der Waals surface area (Å²) >= 11 is 0. The molecule has 0 unspecified atom stereocenters. The number of hydrogen-bond donors (Lipinski definition) is 7. The molecule has 15 heteroatoms. The second-order valence-corrected chi connectivity index (χ2v) is 10.3. The second-order valence-electron chi connectivity index (χ2n) is 7.12. The van der Waals surface area contributed by atoms with E-state index in [2.05, 4.69) is 14.8 Å². The van der Waals surface area contributed by atoms with Crippen molar-refractivity contribution in [1.82, 2.24) is 15.2 Å². The van der Waals surface area contributed by atoms with Crippen molar-refractivity contribution < 1.29 is 16.8 Å². The van der Waals surface area contributed by atoms with Crippen molar-refractivity contribution in [1.29, 1.82) is 0 Å². The molecule has 0 fully saturated rings. The van der Waals surface area contributed by atoms with Gasteiger partial charge in [-0.1, -0.05) is 6.07 Å². The van der Waals surface area contributed by atoms with Crippen LogP contribution in [0.25, 0.3) is 11.1 Å². The topological polar surface area (TPSA) is 248 Å². The standard InChI is InChI=1S/C16H25N9O4S2/c1-16(2,8-17)24-31(28,29)11-6-5-9(10-4-3-7-22-14(10)18)12(15(19)23-25-20)13(11)30(21,26)27/h3-7,24-25H,8,17,20H2,1-2H3,(H2,18,22)(H2,19,23)(H2,21,26,27). The van der Waals surface area contributed by atoms with Gasteiger partial charge in [0.05, 0.1) is 0 Å². The predicted molar refractivity (Wildman–Crippen MR) is 117 cm³/mol. The molecule has 0 aliphatic rings. The van der Waals surface area contributed by atoms with Gasteiger partial charge < -0.3 is 17.2 Å². The Bertz CT molecular complexity index is 1230.